The van der Waals surface area contributed by atoms with Crippen LogP contribution in [0.4, 0.5) is 0 Å². The number of Topliss-reactive ketones (excluding diaryl/α,β-unsaturated/α-hetero) is 1. The molecule has 0 bridgehead atoms. The lowest BCUT2D eigenvalue weighted by molar-refractivity contribution is -0.129. The molecule has 32 heavy (non-hydrogen) atoms. The first-order chi connectivity index (χ1) is 15.3. The fraction of sp³-hybridized carbons (Fsp3) is 0.440. The molecule has 1 N–H and O–H groups in total. The van der Waals surface area contributed by atoms with E-state index in [0.717, 1.165) is 31.5 Å². The van der Waals surface area contributed by atoms with Crippen molar-refractivity contribution < 1.29 is 23.8 Å². The van der Waals surface area contributed by atoms with Gasteiger partial charge in [0.1, 0.15) is 11.5 Å². The van der Waals surface area contributed by atoms with E-state index >= 15 is 0 Å². The third-order valence-corrected chi connectivity index (χ3v) is 5.94. The summed E-state index contributed by atoms with van der Waals surface area (Å²) < 4.78 is 11.2. The van der Waals surface area contributed by atoms with Crippen molar-refractivity contribution in [2.24, 2.45) is 0 Å². The van der Waals surface area contributed by atoms with Crippen molar-refractivity contribution in [3.8, 4) is 5.75 Å². The Labute approximate surface area is 188 Å². The minimum Gasteiger partial charge on any atom is -0.503 e. The van der Waals surface area contributed by atoms with Crippen LogP contribution in [0.1, 0.15) is 54.6 Å². The number of hydrogen-bond donors (Lipinski definition) is 1. The molecular formula is C25H30N2O5. The molecule has 3 heterocycles. The minimum atomic E-state index is -0.684. The quantitative estimate of drug-likeness (QED) is 0.626. The second kappa shape index (κ2) is 9.20. The van der Waals surface area contributed by atoms with Gasteiger partial charge in [-0.2, -0.15) is 0 Å². The molecule has 4 rings (SSSR count). The topological polar surface area (TPSA) is 83.2 Å². The third-order valence-electron chi connectivity index (χ3n) is 5.94. The second-order valence-corrected chi connectivity index (χ2v) is 8.69. The molecule has 0 spiro atoms. The van der Waals surface area contributed by atoms with Crippen molar-refractivity contribution >= 4 is 11.7 Å². The summed E-state index contributed by atoms with van der Waals surface area (Å²) in [5.74, 6) is -0.0840. The number of ether oxygens (including phenoxy) is 1. The minimum absolute atomic E-state index is 0.0362. The van der Waals surface area contributed by atoms with Gasteiger partial charge in [0.2, 0.25) is 5.78 Å². The Balaban J connectivity index is 1.67. The molecule has 1 atom stereocenters. The van der Waals surface area contributed by atoms with Crippen LogP contribution in [0.25, 0.3) is 0 Å². The van der Waals surface area contributed by atoms with Gasteiger partial charge in [0.15, 0.2) is 11.5 Å². The van der Waals surface area contributed by atoms with Crippen LogP contribution in [0.3, 0.4) is 0 Å². The molecule has 2 aliphatic rings. The Bertz CT molecular complexity index is 1020. The summed E-state index contributed by atoms with van der Waals surface area (Å²) in [5, 5.41) is 10.8. The van der Waals surface area contributed by atoms with E-state index in [4.69, 9.17) is 9.15 Å². The van der Waals surface area contributed by atoms with E-state index in [2.05, 4.69) is 4.90 Å². The smallest absolute Gasteiger partial charge is 0.290 e. The first-order valence-corrected chi connectivity index (χ1v) is 11.2. The van der Waals surface area contributed by atoms with E-state index in [1.165, 1.54) is 0 Å². The number of aliphatic hydroxyl groups excluding tert-OH is 1. The van der Waals surface area contributed by atoms with Crippen LogP contribution in [0, 0.1) is 6.92 Å². The van der Waals surface area contributed by atoms with Gasteiger partial charge in [-0.1, -0.05) is 12.1 Å². The van der Waals surface area contributed by atoms with Crippen molar-refractivity contribution in [1.29, 1.82) is 0 Å². The monoisotopic (exact) mass is 438 g/mol. The molecule has 7 nitrogen and oxygen atoms in total. The van der Waals surface area contributed by atoms with Gasteiger partial charge in [-0.15, -0.1) is 0 Å². The van der Waals surface area contributed by atoms with Gasteiger partial charge >= 0.3 is 0 Å². The summed E-state index contributed by atoms with van der Waals surface area (Å²) in [4.78, 5) is 30.2. The van der Waals surface area contributed by atoms with Crippen LogP contribution in [0.15, 0.2) is 52.1 Å². The molecule has 2 aromatic rings. The number of ketones is 1. The fourth-order valence-corrected chi connectivity index (χ4v) is 4.41. The lowest BCUT2D eigenvalue weighted by Crippen LogP contribution is -2.37. The molecule has 1 unspecified atom stereocenters. The summed E-state index contributed by atoms with van der Waals surface area (Å²) in [7, 11) is 0. The molecule has 1 fully saturated rings. The van der Waals surface area contributed by atoms with Crippen LogP contribution in [-0.2, 0) is 4.79 Å². The van der Waals surface area contributed by atoms with Crippen LogP contribution in [-0.4, -0.2) is 58.9 Å². The number of rotatable bonds is 8. The molecule has 1 aromatic heterocycles. The van der Waals surface area contributed by atoms with Crippen LogP contribution >= 0.6 is 0 Å². The van der Waals surface area contributed by atoms with Crippen LogP contribution in [0.5, 0.6) is 5.75 Å². The van der Waals surface area contributed by atoms with Crippen molar-refractivity contribution in [3.05, 3.63) is 64.8 Å². The van der Waals surface area contributed by atoms with Crippen molar-refractivity contribution in [2.75, 3.05) is 26.2 Å². The number of aliphatic hydroxyl groups is 1. The predicted molar refractivity (Wildman–Crippen MR) is 120 cm³/mol. The number of benzene rings is 1. The highest BCUT2D eigenvalue weighted by Gasteiger charge is 2.44. The Morgan fingerprint density at radius 3 is 2.41 bits per heavy atom. The number of carbonyl (C=O) groups excluding carboxylic acids is 2. The maximum absolute atomic E-state index is 13.3. The average molecular weight is 439 g/mol. The standard InChI is InChI=1S/C25H30N2O5/c1-16(2)31-19-9-7-18(8-10-19)22-21(23(28)20-11-6-17(3)32-20)24(29)25(30)27(22)15-14-26-12-4-5-13-26/h6-11,16,22,29H,4-5,12-15H2,1-3H3. The lowest BCUT2D eigenvalue weighted by atomic mass is 9.95. The highest BCUT2D eigenvalue weighted by Crippen LogP contribution is 2.39. The molecule has 0 aliphatic carbocycles. The van der Waals surface area contributed by atoms with Crippen molar-refractivity contribution in [1.82, 2.24) is 9.80 Å². The zero-order chi connectivity index (χ0) is 22.8. The number of hydrogen-bond acceptors (Lipinski definition) is 6. The summed E-state index contributed by atoms with van der Waals surface area (Å²) >= 11 is 0. The van der Waals surface area contributed by atoms with Crippen LogP contribution in [0.2, 0.25) is 0 Å². The number of nitrogens with zero attached hydrogens (tertiary/aromatic N) is 2. The maximum atomic E-state index is 13.3. The molecular weight excluding hydrogens is 408 g/mol. The van der Waals surface area contributed by atoms with Gasteiger partial charge in [0, 0.05) is 13.1 Å². The van der Waals surface area contributed by atoms with Crippen LogP contribution < -0.4 is 4.74 Å². The van der Waals surface area contributed by atoms with Crippen molar-refractivity contribution in [3.63, 3.8) is 0 Å². The number of carbonyl (C=O) groups is 2. The van der Waals surface area contributed by atoms with E-state index < -0.39 is 23.5 Å². The van der Waals surface area contributed by atoms with E-state index in [-0.39, 0.29) is 17.4 Å². The zero-order valence-corrected chi connectivity index (χ0v) is 18.8. The first-order valence-electron chi connectivity index (χ1n) is 11.2. The van der Waals surface area contributed by atoms with Gasteiger partial charge in [0.25, 0.3) is 5.91 Å². The van der Waals surface area contributed by atoms with Gasteiger partial charge < -0.3 is 24.1 Å². The molecule has 1 amide bonds. The Hall–Kier alpha value is -3.06. The number of furan rings is 1. The van der Waals surface area contributed by atoms with Gasteiger partial charge in [-0.05, 0) is 76.5 Å². The molecule has 2 aliphatic heterocycles. The fourth-order valence-electron chi connectivity index (χ4n) is 4.41. The number of likely N-dealkylation sites (tertiary alicyclic amines) is 1. The maximum Gasteiger partial charge on any atom is 0.290 e. The molecule has 7 heteroatoms. The SMILES string of the molecule is Cc1ccc(C(=O)C2=C(O)C(=O)N(CCN3CCCC3)C2c2ccc(OC(C)C)cc2)o1. The zero-order valence-electron chi connectivity index (χ0n) is 18.8. The normalized spacial score (nSPS) is 19.4. The van der Waals surface area contributed by atoms with E-state index in [0.29, 0.717) is 24.6 Å². The summed E-state index contributed by atoms with van der Waals surface area (Å²) in [6.07, 6.45) is 2.34. The molecule has 1 aromatic carbocycles. The summed E-state index contributed by atoms with van der Waals surface area (Å²) in [6, 6.07) is 9.93. The van der Waals surface area contributed by atoms with Gasteiger partial charge in [0.05, 0.1) is 17.7 Å². The summed E-state index contributed by atoms with van der Waals surface area (Å²) in [5.41, 5.74) is 0.801. The molecule has 1 saturated heterocycles. The first kappa shape index (κ1) is 22.1. The lowest BCUT2D eigenvalue weighted by Gasteiger charge is -2.28. The predicted octanol–water partition coefficient (Wildman–Crippen LogP) is 4.05. The third kappa shape index (κ3) is 4.43. The number of amides is 1. The molecule has 0 radical (unpaired) electrons. The van der Waals surface area contributed by atoms with E-state index in [9.17, 15) is 14.7 Å². The Morgan fingerprint density at radius 2 is 1.81 bits per heavy atom. The van der Waals surface area contributed by atoms with Crippen molar-refractivity contribution in [2.45, 2.75) is 45.8 Å². The number of aryl methyl sites for hydroxylation is 1. The molecule has 170 valence electrons. The Morgan fingerprint density at radius 1 is 1.12 bits per heavy atom. The highest BCUT2D eigenvalue weighted by atomic mass is 16.5. The van der Waals surface area contributed by atoms with Gasteiger partial charge in [-0.25, -0.2) is 0 Å². The average Bonchev–Trinajstić information content (AvgIpc) is 3.48. The van der Waals surface area contributed by atoms with Gasteiger partial charge in [-0.3, -0.25) is 9.59 Å². The largest absolute Gasteiger partial charge is 0.503 e. The van der Waals surface area contributed by atoms with E-state index in [1.54, 1.807) is 24.0 Å². The second-order valence-electron chi connectivity index (χ2n) is 8.69. The Kier molecular flexibility index (Phi) is 6.37. The highest BCUT2D eigenvalue weighted by molar-refractivity contribution is 6.15. The van der Waals surface area contributed by atoms with E-state index in [1.807, 2.05) is 38.1 Å². The molecule has 0 saturated carbocycles. The summed E-state index contributed by atoms with van der Waals surface area (Å²) in [6.45, 7) is 8.78.